The summed E-state index contributed by atoms with van der Waals surface area (Å²) in [6, 6.07) is 11.1. The zero-order chi connectivity index (χ0) is 20.5. The average molecular weight is 424 g/mol. The van der Waals surface area contributed by atoms with E-state index in [0.717, 1.165) is 5.56 Å². The number of urea groups is 1. The zero-order valence-corrected chi connectivity index (χ0v) is 16.6. The minimum atomic E-state index is -0.539. The molecule has 0 aliphatic heterocycles. The summed E-state index contributed by atoms with van der Waals surface area (Å²) in [6.07, 6.45) is 0.558. The minimum absolute atomic E-state index is 0.213. The van der Waals surface area contributed by atoms with Crippen LogP contribution in [0.15, 0.2) is 42.5 Å². The first-order valence-electron chi connectivity index (χ1n) is 8.33. The Morgan fingerprint density at radius 2 is 1.71 bits per heavy atom. The molecule has 0 atom stereocenters. The Labute approximate surface area is 172 Å². The maximum atomic E-state index is 12.0. The second kappa shape index (κ2) is 10.5. The highest BCUT2D eigenvalue weighted by Crippen LogP contribution is 2.21. The number of esters is 1. The number of carbonyl (C=O) groups is 3. The summed E-state index contributed by atoms with van der Waals surface area (Å²) in [5, 5.41) is 8.93. The standard InChI is InChI=1S/C19H19Cl2N3O4/c1-28-17(25)11-23-18(26)13-3-6-15(7-4-13)24-19(27)22-9-8-12-2-5-14(20)10-16(12)21/h2-7,10H,8-9,11H2,1H3,(H,23,26)(H2,22,24,27). The van der Waals surface area contributed by atoms with Gasteiger partial charge in [-0.2, -0.15) is 0 Å². The lowest BCUT2D eigenvalue weighted by atomic mass is 10.1. The van der Waals surface area contributed by atoms with E-state index in [2.05, 4.69) is 20.7 Å². The molecular formula is C19H19Cl2N3O4. The molecule has 9 heteroatoms. The number of benzene rings is 2. The molecule has 0 aromatic heterocycles. The van der Waals surface area contributed by atoms with Gasteiger partial charge in [-0.05, 0) is 48.4 Å². The molecule has 0 unspecified atom stereocenters. The minimum Gasteiger partial charge on any atom is -0.468 e. The Bertz CT molecular complexity index is 857. The van der Waals surface area contributed by atoms with Crippen LogP contribution >= 0.6 is 23.2 Å². The number of anilines is 1. The van der Waals surface area contributed by atoms with E-state index in [-0.39, 0.29) is 12.6 Å². The van der Waals surface area contributed by atoms with Crippen LogP contribution in [0.2, 0.25) is 10.0 Å². The predicted octanol–water partition coefficient (Wildman–Crippen LogP) is 3.26. The summed E-state index contributed by atoms with van der Waals surface area (Å²) in [4.78, 5) is 34.9. The molecule has 0 aliphatic carbocycles. The highest BCUT2D eigenvalue weighted by molar-refractivity contribution is 6.35. The molecule has 148 valence electrons. The first-order chi connectivity index (χ1) is 13.4. The van der Waals surface area contributed by atoms with Crippen molar-refractivity contribution < 1.29 is 19.1 Å². The van der Waals surface area contributed by atoms with Crippen molar-refractivity contribution in [1.82, 2.24) is 10.6 Å². The Morgan fingerprint density at radius 1 is 1.00 bits per heavy atom. The fourth-order valence-corrected chi connectivity index (χ4v) is 2.75. The number of amides is 3. The van der Waals surface area contributed by atoms with Crippen LogP contribution in [0, 0.1) is 0 Å². The molecule has 0 bridgehead atoms. The van der Waals surface area contributed by atoms with E-state index in [1.54, 1.807) is 24.3 Å². The van der Waals surface area contributed by atoms with Crippen LogP contribution in [0.3, 0.4) is 0 Å². The van der Waals surface area contributed by atoms with Crippen molar-refractivity contribution in [3.05, 3.63) is 63.6 Å². The van der Waals surface area contributed by atoms with Gasteiger partial charge < -0.3 is 20.7 Å². The van der Waals surface area contributed by atoms with Crippen LogP contribution in [0.4, 0.5) is 10.5 Å². The van der Waals surface area contributed by atoms with Crippen molar-refractivity contribution in [3.8, 4) is 0 Å². The van der Waals surface area contributed by atoms with E-state index < -0.39 is 11.9 Å². The molecule has 2 aromatic rings. The largest absolute Gasteiger partial charge is 0.468 e. The van der Waals surface area contributed by atoms with Crippen LogP contribution in [0.5, 0.6) is 0 Å². The van der Waals surface area contributed by atoms with Gasteiger partial charge in [0.15, 0.2) is 0 Å². The van der Waals surface area contributed by atoms with Gasteiger partial charge in [0, 0.05) is 27.8 Å². The van der Waals surface area contributed by atoms with Gasteiger partial charge in [-0.3, -0.25) is 9.59 Å². The number of methoxy groups -OCH3 is 1. The van der Waals surface area contributed by atoms with E-state index in [4.69, 9.17) is 23.2 Å². The molecule has 0 radical (unpaired) electrons. The van der Waals surface area contributed by atoms with Crippen molar-refractivity contribution in [2.75, 3.05) is 25.5 Å². The Hall–Kier alpha value is -2.77. The van der Waals surface area contributed by atoms with Crippen LogP contribution < -0.4 is 16.0 Å². The van der Waals surface area contributed by atoms with Crippen molar-refractivity contribution in [3.63, 3.8) is 0 Å². The molecule has 0 spiro atoms. The number of carbonyl (C=O) groups excluding carboxylic acids is 3. The maximum absolute atomic E-state index is 12.0. The molecule has 0 saturated carbocycles. The summed E-state index contributed by atoms with van der Waals surface area (Å²) in [7, 11) is 1.24. The third-order valence-corrected chi connectivity index (χ3v) is 4.31. The number of hydrogen-bond donors (Lipinski definition) is 3. The Morgan fingerprint density at radius 3 is 2.36 bits per heavy atom. The van der Waals surface area contributed by atoms with Gasteiger partial charge in [-0.15, -0.1) is 0 Å². The summed E-state index contributed by atoms with van der Waals surface area (Å²) in [6.45, 7) is 0.177. The lowest BCUT2D eigenvalue weighted by molar-refractivity contribution is -0.139. The summed E-state index contributed by atoms with van der Waals surface area (Å²) in [5.74, 6) is -0.954. The number of halogens is 2. The predicted molar refractivity (Wildman–Crippen MR) is 108 cm³/mol. The maximum Gasteiger partial charge on any atom is 0.325 e. The van der Waals surface area contributed by atoms with Crippen molar-refractivity contribution in [2.24, 2.45) is 0 Å². The van der Waals surface area contributed by atoms with Gasteiger partial charge in [0.25, 0.3) is 5.91 Å². The summed E-state index contributed by atoms with van der Waals surface area (Å²) in [5.41, 5.74) is 1.76. The molecule has 2 rings (SSSR count). The smallest absolute Gasteiger partial charge is 0.325 e. The normalized spacial score (nSPS) is 10.1. The summed E-state index contributed by atoms with van der Waals surface area (Å²) < 4.78 is 4.45. The van der Waals surface area contributed by atoms with Gasteiger partial charge in [-0.25, -0.2) is 4.79 Å². The van der Waals surface area contributed by atoms with Gasteiger partial charge >= 0.3 is 12.0 Å². The molecule has 7 nitrogen and oxygen atoms in total. The summed E-state index contributed by atoms with van der Waals surface area (Å²) >= 11 is 11.9. The topological polar surface area (TPSA) is 96.5 Å². The molecular weight excluding hydrogens is 405 g/mol. The molecule has 3 N–H and O–H groups in total. The van der Waals surface area contributed by atoms with Gasteiger partial charge in [-0.1, -0.05) is 29.3 Å². The van der Waals surface area contributed by atoms with E-state index in [9.17, 15) is 14.4 Å². The highest BCUT2D eigenvalue weighted by atomic mass is 35.5. The molecule has 0 heterocycles. The van der Waals surface area contributed by atoms with E-state index in [0.29, 0.717) is 34.3 Å². The van der Waals surface area contributed by atoms with Gasteiger partial charge in [0.2, 0.25) is 0 Å². The van der Waals surface area contributed by atoms with Crippen LogP contribution in [0.25, 0.3) is 0 Å². The van der Waals surface area contributed by atoms with Crippen molar-refractivity contribution >= 4 is 46.8 Å². The lowest BCUT2D eigenvalue weighted by Crippen LogP contribution is -2.31. The lowest BCUT2D eigenvalue weighted by Gasteiger charge is -2.09. The monoisotopic (exact) mass is 423 g/mol. The SMILES string of the molecule is COC(=O)CNC(=O)c1ccc(NC(=O)NCCc2ccc(Cl)cc2Cl)cc1. The molecule has 2 aromatic carbocycles. The average Bonchev–Trinajstić information content (AvgIpc) is 2.68. The fraction of sp³-hybridized carbons (Fsp3) is 0.211. The second-order valence-electron chi connectivity index (χ2n) is 5.70. The first-order valence-corrected chi connectivity index (χ1v) is 9.08. The van der Waals surface area contributed by atoms with Crippen molar-refractivity contribution in [1.29, 1.82) is 0 Å². The highest BCUT2D eigenvalue weighted by Gasteiger charge is 2.09. The van der Waals surface area contributed by atoms with E-state index >= 15 is 0 Å². The third kappa shape index (κ3) is 6.75. The van der Waals surface area contributed by atoms with Crippen LogP contribution in [-0.2, 0) is 16.0 Å². The van der Waals surface area contributed by atoms with Crippen LogP contribution in [0.1, 0.15) is 15.9 Å². The second-order valence-corrected chi connectivity index (χ2v) is 6.55. The Kier molecular flexibility index (Phi) is 8.10. The Balaban J connectivity index is 1.79. The number of rotatable bonds is 7. The fourth-order valence-electron chi connectivity index (χ4n) is 2.24. The number of nitrogens with one attached hydrogen (secondary N) is 3. The number of hydrogen-bond acceptors (Lipinski definition) is 4. The molecule has 0 saturated heterocycles. The van der Waals surface area contributed by atoms with E-state index in [1.165, 1.54) is 19.2 Å². The molecule has 28 heavy (non-hydrogen) atoms. The molecule has 0 aliphatic rings. The third-order valence-electron chi connectivity index (χ3n) is 3.72. The van der Waals surface area contributed by atoms with Crippen molar-refractivity contribution in [2.45, 2.75) is 6.42 Å². The van der Waals surface area contributed by atoms with Gasteiger partial charge in [0.05, 0.1) is 7.11 Å². The quantitative estimate of drug-likeness (QED) is 0.595. The first kappa shape index (κ1) is 21.5. The number of ether oxygens (including phenoxy) is 1. The van der Waals surface area contributed by atoms with Crippen LogP contribution in [-0.4, -0.2) is 38.1 Å². The molecule has 3 amide bonds. The van der Waals surface area contributed by atoms with E-state index in [1.807, 2.05) is 6.07 Å². The zero-order valence-electron chi connectivity index (χ0n) is 15.1. The molecule has 0 fully saturated rings. The van der Waals surface area contributed by atoms with Gasteiger partial charge in [0.1, 0.15) is 6.54 Å².